The highest BCUT2D eigenvalue weighted by Gasteiger charge is 2.25. The predicted octanol–water partition coefficient (Wildman–Crippen LogP) is 25.9. The molecule has 2 amide bonds. The SMILES string of the molecule is CCc1ccccc1NOCc1cc2ccc3c4ccccc4[nH]c3c2c(N=Nc2ccc(N(c3ccc(N=Nc4cc(C(=O)Nc5ccccc5CC)cc5ccc6c7ccccc7[nH]c6c45)cc3)c3ccc(N=Nc4c(O)c(C(=O)Nc5ccccc5CC)cc5ccc6c7ccccc7[nH]c6c45)cc3)cc2)c1O. The Bertz CT molecular complexity index is 6840. The lowest BCUT2D eigenvalue weighted by atomic mass is 10.00. The van der Waals surface area contributed by atoms with Gasteiger partial charge in [0.1, 0.15) is 23.7 Å². The summed E-state index contributed by atoms with van der Waals surface area (Å²) < 4.78 is 0. The van der Waals surface area contributed by atoms with E-state index in [0.717, 1.165) is 140 Å². The number of phenolic OH excluding ortho intramolecular Hbond substituents is 2. The number of carbonyl (C=O) groups is 2. The number of aryl methyl sites for hydroxylation is 3. The van der Waals surface area contributed by atoms with E-state index in [2.05, 4.69) is 80.1 Å². The summed E-state index contributed by atoms with van der Waals surface area (Å²) >= 11 is 0. The van der Waals surface area contributed by atoms with Crippen LogP contribution in [-0.2, 0) is 30.7 Å². The van der Waals surface area contributed by atoms with Crippen LogP contribution in [0.5, 0.6) is 11.5 Å². The molecule has 3 aromatic heterocycles. The van der Waals surface area contributed by atoms with E-state index in [0.29, 0.717) is 62.1 Å². The van der Waals surface area contributed by atoms with Crippen molar-refractivity contribution in [1.82, 2.24) is 15.0 Å². The number of rotatable bonds is 20. The lowest BCUT2D eigenvalue weighted by Crippen LogP contribution is -2.13. The molecule has 0 aliphatic carbocycles. The van der Waals surface area contributed by atoms with Crippen molar-refractivity contribution in [3.05, 3.63) is 312 Å². The number of aromatic hydroxyl groups is 2. The number of azo groups is 3. The van der Waals surface area contributed by atoms with Gasteiger partial charge in [0, 0.05) is 105 Å². The summed E-state index contributed by atoms with van der Waals surface area (Å²) in [6.07, 6.45) is 2.26. The standard InChI is InChI=1S/C93H71N13O5/c1-4-54-19-7-13-25-75(54)97-92(109)60-49-57-31-46-71-68-22-10-16-28-78(68)94-85(71)82(57)81(52-60)102-99-62-34-40-65(41-35-62)106(66-42-36-63(37-43-66)100-103-88-83-58(32-47-72-69-23-11-17-29-79(69)95-86(72)83)50-61(90(88)107)53-111-105-77-27-15-9-21-56(77)6-3)67-44-38-64(39-45-67)101-104-89-84-59(33-48-73-70-24-12-18-30-80(70)96-87(73)84)51-74(91(89)108)93(110)98-76-26-14-8-20-55(76)5-2/h7-52,94-96,105,107-108H,4-6,53H2,1-3H3,(H,97,109)(H,98,110). The molecular formula is C93H71N13O5. The second-order valence-corrected chi connectivity index (χ2v) is 27.4. The number of nitrogens with zero attached hydrogens (tertiary/aromatic N) is 7. The number of anilines is 6. The molecule has 0 aliphatic rings. The molecular weight excluding hydrogens is 1380 g/mol. The zero-order valence-corrected chi connectivity index (χ0v) is 60.6. The molecule has 0 fully saturated rings. The van der Waals surface area contributed by atoms with Gasteiger partial charge >= 0.3 is 0 Å². The summed E-state index contributed by atoms with van der Waals surface area (Å²) in [5.74, 6) is -1.14. The molecule has 0 bridgehead atoms. The normalized spacial score (nSPS) is 12.0. The quantitative estimate of drug-likeness (QED) is 0.0271. The third-order valence-electron chi connectivity index (χ3n) is 20.8. The average Bonchev–Trinajstić information content (AvgIpc) is 1.64. The second-order valence-electron chi connectivity index (χ2n) is 27.4. The predicted molar refractivity (Wildman–Crippen MR) is 449 cm³/mol. The van der Waals surface area contributed by atoms with Crippen molar-refractivity contribution in [1.29, 1.82) is 0 Å². The Balaban J connectivity index is 0.717. The van der Waals surface area contributed by atoms with Crippen molar-refractivity contribution in [2.75, 3.05) is 21.0 Å². The van der Waals surface area contributed by atoms with Crippen LogP contribution < -0.4 is 21.0 Å². The molecule has 0 saturated heterocycles. The minimum Gasteiger partial charge on any atom is -0.505 e. The van der Waals surface area contributed by atoms with E-state index in [-0.39, 0.29) is 41.0 Å². The maximum Gasteiger partial charge on any atom is 0.259 e. The molecule has 3 heterocycles. The minimum atomic E-state index is -0.490. The van der Waals surface area contributed by atoms with E-state index in [1.807, 2.05) is 244 Å². The van der Waals surface area contributed by atoms with Crippen molar-refractivity contribution < 1.29 is 24.6 Å². The van der Waals surface area contributed by atoms with Crippen molar-refractivity contribution in [2.45, 2.75) is 46.6 Å². The first kappa shape index (κ1) is 68.2. The first-order chi connectivity index (χ1) is 54.5. The van der Waals surface area contributed by atoms with Crippen LogP contribution in [0.4, 0.5) is 68.2 Å². The number of benzene rings is 15. The number of carbonyl (C=O) groups excluding carboxylic acids is 2. The smallest absolute Gasteiger partial charge is 0.259 e. The third kappa shape index (κ3) is 12.8. The van der Waals surface area contributed by atoms with Gasteiger partial charge < -0.3 is 40.7 Å². The fourth-order valence-corrected chi connectivity index (χ4v) is 15.2. The third-order valence-corrected chi connectivity index (χ3v) is 20.8. The molecule has 18 rings (SSSR count). The number of phenols is 2. The van der Waals surface area contributed by atoms with E-state index < -0.39 is 5.91 Å². The van der Waals surface area contributed by atoms with E-state index in [9.17, 15) is 19.8 Å². The van der Waals surface area contributed by atoms with Crippen LogP contribution in [0.2, 0.25) is 0 Å². The van der Waals surface area contributed by atoms with E-state index in [1.54, 1.807) is 12.1 Å². The molecule has 0 unspecified atom stereocenters. The molecule has 0 atom stereocenters. The number of para-hydroxylation sites is 6. The molecule has 8 N–H and O–H groups in total. The lowest BCUT2D eigenvalue weighted by molar-refractivity contribution is 0.101. The van der Waals surface area contributed by atoms with Gasteiger partial charge in [-0.05, 0) is 186 Å². The summed E-state index contributed by atoms with van der Waals surface area (Å²) in [4.78, 5) is 47.6. The number of aromatic amines is 3. The summed E-state index contributed by atoms with van der Waals surface area (Å²) in [6.45, 7) is 6.21. The zero-order valence-electron chi connectivity index (χ0n) is 60.6. The Kier molecular flexibility index (Phi) is 17.8. The Labute approximate surface area is 636 Å². The van der Waals surface area contributed by atoms with Gasteiger partial charge in [-0.25, -0.2) is 0 Å². The molecule has 0 spiro atoms. The maximum absolute atomic E-state index is 14.3. The van der Waals surface area contributed by atoms with Crippen molar-refractivity contribution >= 4 is 178 Å². The molecule has 15 aromatic carbocycles. The first-order valence-corrected chi connectivity index (χ1v) is 37.0. The van der Waals surface area contributed by atoms with Crippen molar-refractivity contribution in [2.24, 2.45) is 30.7 Å². The number of hydrogen-bond acceptors (Lipinski definition) is 13. The van der Waals surface area contributed by atoms with Crippen LogP contribution in [0.1, 0.15) is 63.7 Å². The van der Waals surface area contributed by atoms with Gasteiger partial charge in [-0.1, -0.05) is 166 Å². The van der Waals surface area contributed by atoms with Gasteiger partial charge in [0.2, 0.25) is 0 Å². The Hall–Kier alpha value is -14.6. The molecule has 18 heteroatoms. The largest absolute Gasteiger partial charge is 0.505 e. The minimum absolute atomic E-state index is 0.0277. The van der Waals surface area contributed by atoms with Gasteiger partial charge in [0.05, 0.1) is 50.6 Å². The van der Waals surface area contributed by atoms with Crippen molar-refractivity contribution in [3.8, 4) is 11.5 Å². The highest BCUT2D eigenvalue weighted by Crippen LogP contribution is 2.48. The topological polar surface area (TPSA) is 245 Å². The van der Waals surface area contributed by atoms with E-state index >= 15 is 0 Å². The number of hydrogen-bond donors (Lipinski definition) is 8. The van der Waals surface area contributed by atoms with E-state index in [4.69, 9.17) is 35.5 Å². The number of amides is 2. The first-order valence-electron chi connectivity index (χ1n) is 37.0. The summed E-state index contributed by atoms with van der Waals surface area (Å²) in [6, 6.07) is 90.1. The van der Waals surface area contributed by atoms with Crippen LogP contribution in [0.25, 0.3) is 97.7 Å². The van der Waals surface area contributed by atoms with Gasteiger partial charge in [-0.3, -0.25) is 19.9 Å². The van der Waals surface area contributed by atoms with Crippen LogP contribution in [0.15, 0.2) is 310 Å². The Morgan fingerprint density at radius 3 is 1.25 bits per heavy atom. The second kappa shape index (κ2) is 28.9. The van der Waals surface area contributed by atoms with Gasteiger partial charge in [0.25, 0.3) is 11.8 Å². The van der Waals surface area contributed by atoms with Gasteiger partial charge in [0.15, 0.2) is 5.75 Å². The molecule has 0 aliphatic heterocycles. The Morgan fingerprint density at radius 2 is 0.766 bits per heavy atom. The van der Waals surface area contributed by atoms with Gasteiger partial charge in [-0.2, -0.15) is 15.3 Å². The fourth-order valence-electron chi connectivity index (χ4n) is 15.2. The number of H-pyrrole nitrogens is 3. The van der Waals surface area contributed by atoms with Crippen LogP contribution in [0.3, 0.4) is 0 Å². The van der Waals surface area contributed by atoms with E-state index in [1.165, 1.54) is 0 Å². The molecule has 18 nitrogen and oxygen atoms in total. The summed E-state index contributed by atoms with van der Waals surface area (Å²) in [5, 5.41) is 70.7. The molecule has 0 saturated carbocycles. The average molecular weight is 1450 g/mol. The van der Waals surface area contributed by atoms with Gasteiger partial charge in [-0.15, -0.1) is 15.3 Å². The zero-order chi connectivity index (χ0) is 75.2. The number of aromatic nitrogens is 3. The van der Waals surface area contributed by atoms with Crippen LogP contribution >= 0.6 is 0 Å². The maximum atomic E-state index is 14.3. The number of fused-ring (bicyclic) bond motifs is 15. The fraction of sp³-hybridized carbons (Fsp3) is 0.0753. The summed E-state index contributed by atoms with van der Waals surface area (Å²) in [5.41, 5.74) is 19.4. The number of nitrogens with one attached hydrogen (secondary N) is 6. The highest BCUT2D eigenvalue weighted by molar-refractivity contribution is 6.25. The molecule has 0 radical (unpaired) electrons. The molecule has 111 heavy (non-hydrogen) atoms. The van der Waals surface area contributed by atoms with Crippen LogP contribution in [-0.4, -0.2) is 37.0 Å². The molecule has 18 aromatic rings. The highest BCUT2D eigenvalue weighted by atomic mass is 16.6. The Morgan fingerprint density at radius 1 is 0.369 bits per heavy atom. The lowest BCUT2D eigenvalue weighted by Gasteiger charge is -2.25. The summed E-state index contributed by atoms with van der Waals surface area (Å²) in [7, 11) is 0. The van der Waals surface area contributed by atoms with Crippen LogP contribution in [0, 0.1) is 0 Å². The monoisotopic (exact) mass is 1450 g/mol. The molecule has 538 valence electrons. The van der Waals surface area contributed by atoms with Crippen molar-refractivity contribution in [3.63, 3.8) is 0 Å².